The number of benzene rings is 1. The molecule has 1 fully saturated rings. The van der Waals surface area contributed by atoms with Crippen molar-refractivity contribution < 1.29 is 19.4 Å². The molecule has 1 aromatic rings. The Hall–Kier alpha value is -1.11. The maximum atomic E-state index is 11.3. The molecule has 5 nitrogen and oxygen atoms in total. The average Bonchev–Trinajstić information content (AvgIpc) is 2.47. The summed E-state index contributed by atoms with van der Waals surface area (Å²) in [4.78, 5) is 13.3. The van der Waals surface area contributed by atoms with Crippen LogP contribution in [-0.2, 0) is 11.3 Å². The third-order valence-electron chi connectivity index (χ3n) is 3.57. The van der Waals surface area contributed by atoms with Gasteiger partial charge in [-0.25, -0.2) is 0 Å². The minimum absolute atomic E-state index is 0.448. The molecule has 21 heavy (non-hydrogen) atoms. The van der Waals surface area contributed by atoms with Crippen molar-refractivity contribution in [1.29, 1.82) is 0 Å². The summed E-state index contributed by atoms with van der Waals surface area (Å²) in [5.41, 5.74) is 0.947. The summed E-state index contributed by atoms with van der Waals surface area (Å²) in [7, 11) is 0. The minimum atomic E-state index is -0.772. The second-order valence-electron chi connectivity index (χ2n) is 5.00. The zero-order valence-electron chi connectivity index (χ0n) is 11.4. The highest BCUT2D eigenvalue weighted by Gasteiger charge is 2.29. The molecule has 3 rings (SSSR count). The van der Waals surface area contributed by atoms with Gasteiger partial charge in [0.15, 0.2) is 11.5 Å². The van der Waals surface area contributed by atoms with Crippen molar-refractivity contribution in [2.75, 3.05) is 31.3 Å². The number of carbonyl (C=O) groups is 1. The van der Waals surface area contributed by atoms with Gasteiger partial charge in [0.2, 0.25) is 0 Å². The predicted molar refractivity (Wildman–Crippen MR) is 81.6 cm³/mol. The molecule has 1 atom stereocenters. The van der Waals surface area contributed by atoms with Crippen molar-refractivity contribution in [1.82, 2.24) is 4.90 Å². The first-order chi connectivity index (χ1) is 10.1. The summed E-state index contributed by atoms with van der Waals surface area (Å²) in [5, 5.41) is 9.82. The number of thioether (sulfide) groups is 1. The topological polar surface area (TPSA) is 59.0 Å². The van der Waals surface area contributed by atoms with Crippen molar-refractivity contribution in [2.24, 2.45) is 0 Å². The summed E-state index contributed by atoms with van der Waals surface area (Å²) in [6, 6.07) is 3.27. The van der Waals surface area contributed by atoms with E-state index < -0.39 is 12.0 Å². The minimum Gasteiger partial charge on any atom is -0.486 e. The fourth-order valence-electron chi connectivity index (χ4n) is 2.54. The van der Waals surface area contributed by atoms with Gasteiger partial charge < -0.3 is 14.6 Å². The lowest BCUT2D eigenvalue weighted by Gasteiger charge is -2.32. The zero-order valence-corrected chi connectivity index (χ0v) is 13.0. The molecule has 2 aliphatic heterocycles. The maximum absolute atomic E-state index is 11.3. The molecule has 0 aromatic heterocycles. The fourth-order valence-corrected chi connectivity index (χ4v) is 3.94. The van der Waals surface area contributed by atoms with Gasteiger partial charge >= 0.3 is 5.97 Å². The first-order valence-corrected chi connectivity index (χ1v) is 8.31. The Kier molecular flexibility index (Phi) is 4.47. The standard InChI is InChI=1S/C14H16ClNO4S/c15-10-5-9(6-12-13(10)20-3-2-19-12)7-16-1-4-21-8-11(16)14(17)18/h5-6,11H,1-4,7-8H2,(H,17,18). The van der Waals surface area contributed by atoms with Gasteiger partial charge in [0.1, 0.15) is 19.3 Å². The summed E-state index contributed by atoms with van der Waals surface area (Å²) in [6.45, 7) is 2.31. The summed E-state index contributed by atoms with van der Waals surface area (Å²) in [5.74, 6) is 2.01. The number of fused-ring (bicyclic) bond motifs is 1. The van der Waals surface area contributed by atoms with Gasteiger partial charge in [0, 0.05) is 24.6 Å². The second kappa shape index (κ2) is 6.34. The quantitative estimate of drug-likeness (QED) is 0.916. The Labute approximate surface area is 132 Å². The number of hydrogen-bond acceptors (Lipinski definition) is 5. The number of ether oxygens (including phenoxy) is 2. The lowest BCUT2D eigenvalue weighted by molar-refractivity contribution is -0.142. The average molecular weight is 330 g/mol. The fraction of sp³-hybridized carbons (Fsp3) is 0.500. The van der Waals surface area contributed by atoms with Crippen LogP contribution in [0.4, 0.5) is 0 Å². The Morgan fingerprint density at radius 2 is 2.24 bits per heavy atom. The highest BCUT2D eigenvalue weighted by atomic mass is 35.5. The molecule has 114 valence electrons. The molecule has 0 spiro atoms. The van der Waals surface area contributed by atoms with E-state index in [0.29, 0.717) is 42.0 Å². The molecule has 0 radical (unpaired) electrons. The summed E-state index contributed by atoms with van der Waals surface area (Å²) < 4.78 is 11.1. The van der Waals surface area contributed by atoms with E-state index in [1.807, 2.05) is 17.0 Å². The van der Waals surface area contributed by atoms with Crippen molar-refractivity contribution in [3.05, 3.63) is 22.7 Å². The third-order valence-corrected chi connectivity index (χ3v) is 4.87. The Morgan fingerprint density at radius 3 is 3.05 bits per heavy atom. The largest absolute Gasteiger partial charge is 0.486 e. The Bertz CT molecular complexity index is 554. The normalized spacial score (nSPS) is 22.0. The molecular formula is C14H16ClNO4S. The maximum Gasteiger partial charge on any atom is 0.321 e. The van der Waals surface area contributed by atoms with Crippen LogP contribution in [0.3, 0.4) is 0 Å². The number of carboxylic acid groups (broad SMARTS) is 1. The Balaban J connectivity index is 1.80. The van der Waals surface area contributed by atoms with Gasteiger partial charge in [0.05, 0.1) is 5.02 Å². The summed E-state index contributed by atoms with van der Waals surface area (Å²) >= 11 is 7.90. The van der Waals surface area contributed by atoms with Crippen LogP contribution < -0.4 is 9.47 Å². The Morgan fingerprint density at radius 1 is 1.43 bits per heavy atom. The molecule has 7 heteroatoms. The van der Waals surface area contributed by atoms with Gasteiger partial charge in [-0.3, -0.25) is 9.69 Å². The number of carboxylic acids is 1. The number of nitrogens with zero attached hydrogens (tertiary/aromatic N) is 1. The van der Waals surface area contributed by atoms with Gasteiger partial charge in [-0.05, 0) is 17.7 Å². The lowest BCUT2D eigenvalue weighted by Crippen LogP contribution is -2.46. The molecule has 1 unspecified atom stereocenters. The second-order valence-corrected chi connectivity index (χ2v) is 6.56. The predicted octanol–water partition coefficient (Wildman–Crippen LogP) is 2.11. The van der Waals surface area contributed by atoms with Crippen molar-refractivity contribution in [2.45, 2.75) is 12.6 Å². The number of rotatable bonds is 3. The van der Waals surface area contributed by atoms with Gasteiger partial charge in [-0.15, -0.1) is 0 Å². The van der Waals surface area contributed by atoms with E-state index in [-0.39, 0.29) is 0 Å². The van der Waals surface area contributed by atoms with Gasteiger partial charge in [-0.1, -0.05) is 11.6 Å². The molecule has 2 heterocycles. The van der Waals surface area contributed by atoms with E-state index in [2.05, 4.69) is 0 Å². The van der Waals surface area contributed by atoms with Crippen LogP contribution in [0.1, 0.15) is 5.56 Å². The number of hydrogen-bond donors (Lipinski definition) is 1. The number of aliphatic carboxylic acids is 1. The van der Waals surface area contributed by atoms with E-state index in [1.165, 1.54) is 0 Å². The highest BCUT2D eigenvalue weighted by Crippen LogP contribution is 2.38. The SMILES string of the molecule is O=C(O)C1CSCCN1Cc1cc(Cl)c2c(c1)OCCO2. The zero-order chi connectivity index (χ0) is 14.8. The van der Waals surface area contributed by atoms with E-state index in [1.54, 1.807) is 11.8 Å². The van der Waals surface area contributed by atoms with Crippen LogP contribution in [0.2, 0.25) is 5.02 Å². The first kappa shape index (κ1) is 14.8. The van der Waals surface area contributed by atoms with Crippen molar-refractivity contribution in [3.63, 3.8) is 0 Å². The van der Waals surface area contributed by atoms with Crippen LogP contribution in [-0.4, -0.2) is 53.3 Å². The molecule has 0 saturated carbocycles. The monoisotopic (exact) mass is 329 g/mol. The van der Waals surface area contributed by atoms with E-state index in [9.17, 15) is 9.90 Å². The van der Waals surface area contributed by atoms with E-state index >= 15 is 0 Å². The van der Waals surface area contributed by atoms with E-state index in [4.69, 9.17) is 21.1 Å². The lowest BCUT2D eigenvalue weighted by atomic mass is 10.1. The van der Waals surface area contributed by atoms with Crippen LogP contribution in [0.5, 0.6) is 11.5 Å². The first-order valence-electron chi connectivity index (χ1n) is 6.78. The third kappa shape index (κ3) is 3.22. The molecule has 1 saturated heterocycles. The van der Waals surface area contributed by atoms with Crippen molar-refractivity contribution in [3.8, 4) is 11.5 Å². The molecule has 0 aliphatic carbocycles. The smallest absolute Gasteiger partial charge is 0.321 e. The van der Waals surface area contributed by atoms with Crippen LogP contribution >= 0.6 is 23.4 Å². The van der Waals surface area contributed by atoms with Crippen LogP contribution in [0, 0.1) is 0 Å². The molecular weight excluding hydrogens is 314 g/mol. The van der Waals surface area contributed by atoms with Gasteiger partial charge in [0.25, 0.3) is 0 Å². The van der Waals surface area contributed by atoms with E-state index in [0.717, 1.165) is 17.9 Å². The molecule has 2 aliphatic rings. The highest BCUT2D eigenvalue weighted by molar-refractivity contribution is 7.99. The molecule has 1 aromatic carbocycles. The number of halogens is 1. The molecule has 0 bridgehead atoms. The molecule has 1 N–H and O–H groups in total. The van der Waals surface area contributed by atoms with Crippen LogP contribution in [0.15, 0.2) is 12.1 Å². The van der Waals surface area contributed by atoms with Gasteiger partial charge in [-0.2, -0.15) is 11.8 Å². The molecule has 0 amide bonds. The van der Waals surface area contributed by atoms with Crippen LogP contribution in [0.25, 0.3) is 0 Å². The summed E-state index contributed by atoms with van der Waals surface area (Å²) in [6.07, 6.45) is 0. The van der Waals surface area contributed by atoms with Crippen molar-refractivity contribution >= 4 is 29.3 Å².